The molecular formula is C19H24N4O. The lowest BCUT2D eigenvalue weighted by Gasteiger charge is -2.33. The van der Waals surface area contributed by atoms with Crippen LogP contribution in [-0.4, -0.2) is 57.5 Å². The normalized spacial score (nSPS) is 24.6. The summed E-state index contributed by atoms with van der Waals surface area (Å²) in [5, 5.41) is 0. The van der Waals surface area contributed by atoms with Gasteiger partial charge in [-0.05, 0) is 63.5 Å². The van der Waals surface area contributed by atoms with Crippen LogP contribution in [0.4, 0.5) is 0 Å². The summed E-state index contributed by atoms with van der Waals surface area (Å²) in [4.78, 5) is 21.6. The van der Waals surface area contributed by atoms with E-state index in [1.165, 1.54) is 12.8 Å². The van der Waals surface area contributed by atoms with Gasteiger partial charge >= 0.3 is 0 Å². The highest BCUT2D eigenvalue weighted by Crippen LogP contribution is 2.30. The smallest absolute Gasteiger partial charge is 0.254 e. The maximum absolute atomic E-state index is 13.0. The first-order valence-corrected chi connectivity index (χ1v) is 8.83. The SMILES string of the molecule is CN1CCCC1C1CCCN1C(=O)c1ccc(-n2ccnc2)cc1. The summed E-state index contributed by atoms with van der Waals surface area (Å²) in [5.74, 6) is 0.176. The molecule has 2 atom stereocenters. The summed E-state index contributed by atoms with van der Waals surface area (Å²) in [6.07, 6.45) is 10.1. The summed E-state index contributed by atoms with van der Waals surface area (Å²) in [7, 11) is 2.19. The molecular weight excluding hydrogens is 300 g/mol. The molecule has 1 aromatic heterocycles. The van der Waals surface area contributed by atoms with Crippen LogP contribution in [0.3, 0.4) is 0 Å². The molecule has 0 radical (unpaired) electrons. The van der Waals surface area contributed by atoms with Crippen LogP contribution in [0, 0.1) is 0 Å². The number of nitrogens with zero attached hydrogens (tertiary/aromatic N) is 4. The monoisotopic (exact) mass is 324 g/mol. The summed E-state index contributed by atoms with van der Waals surface area (Å²) in [5.41, 5.74) is 1.81. The van der Waals surface area contributed by atoms with Gasteiger partial charge in [-0.3, -0.25) is 4.79 Å². The van der Waals surface area contributed by atoms with E-state index in [4.69, 9.17) is 0 Å². The molecule has 2 unspecified atom stereocenters. The zero-order valence-electron chi connectivity index (χ0n) is 14.1. The first-order valence-electron chi connectivity index (χ1n) is 8.83. The van der Waals surface area contributed by atoms with E-state index in [1.807, 2.05) is 35.0 Å². The van der Waals surface area contributed by atoms with E-state index < -0.39 is 0 Å². The summed E-state index contributed by atoms with van der Waals surface area (Å²) < 4.78 is 1.94. The van der Waals surface area contributed by atoms with Crippen LogP contribution in [0.5, 0.6) is 0 Å². The minimum absolute atomic E-state index is 0.176. The number of benzene rings is 1. The number of likely N-dealkylation sites (N-methyl/N-ethyl adjacent to an activating group) is 1. The van der Waals surface area contributed by atoms with Crippen molar-refractivity contribution < 1.29 is 4.79 Å². The van der Waals surface area contributed by atoms with E-state index >= 15 is 0 Å². The lowest BCUT2D eigenvalue weighted by atomic mass is 10.0. The molecule has 0 saturated carbocycles. The second-order valence-corrected chi connectivity index (χ2v) is 6.92. The molecule has 1 aromatic carbocycles. The van der Waals surface area contributed by atoms with Gasteiger partial charge in [0.1, 0.15) is 0 Å². The molecule has 2 aliphatic heterocycles. The van der Waals surface area contributed by atoms with Gasteiger partial charge in [0.05, 0.1) is 6.33 Å². The van der Waals surface area contributed by atoms with Crippen LogP contribution in [0.1, 0.15) is 36.0 Å². The number of hydrogen-bond donors (Lipinski definition) is 0. The second-order valence-electron chi connectivity index (χ2n) is 6.92. The lowest BCUT2D eigenvalue weighted by molar-refractivity contribution is 0.0664. The highest BCUT2D eigenvalue weighted by molar-refractivity contribution is 5.94. The third-order valence-electron chi connectivity index (χ3n) is 5.50. The molecule has 126 valence electrons. The number of imidazole rings is 1. The summed E-state index contributed by atoms with van der Waals surface area (Å²) in [6, 6.07) is 8.75. The molecule has 5 nitrogen and oxygen atoms in total. The van der Waals surface area contributed by atoms with E-state index in [2.05, 4.69) is 21.8 Å². The van der Waals surface area contributed by atoms with Crippen molar-refractivity contribution in [3.63, 3.8) is 0 Å². The van der Waals surface area contributed by atoms with E-state index in [0.29, 0.717) is 12.1 Å². The Kier molecular flexibility index (Phi) is 4.10. The standard InChI is InChI=1S/C19H24N4O/c1-21-11-2-4-17(21)18-5-3-12-23(18)19(24)15-6-8-16(9-7-15)22-13-10-20-14-22/h6-10,13-14,17-18H,2-5,11-12H2,1H3. The molecule has 2 aromatic rings. The highest BCUT2D eigenvalue weighted by Gasteiger charge is 2.38. The molecule has 1 amide bonds. The van der Waals surface area contributed by atoms with Crippen molar-refractivity contribution >= 4 is 5.91 Å². The van der Waals surface area contributed by atoms with Crippen molar-refractivity contribution in [3.8, 4) is 5.69 Å². The average Bonchev–Trinajstić information content (AvgIpc) is 3.35. The molecule has 0 bridgehead atoms. The Bertz CT molecular complexity index is 695. The quantitative estimate of drug-likeness (QED) is 0.871. The van der Waals surface area contributed by atoms with Gasteiger partial charge < -0.3 is 14.4 Å². The molecule has 0 spiro atoms. The van der Waals surface area contributed by atoms with Crippen LogP contribution in [-0.2, 0) is 0 Å². The van der Waals surface area contributed by atoms with Crippen molar-refractivity contribution in [1.82, 2.24) is 19.4 Å². The number of rotatable bonds is 3. The third kappa shape index (κ3) is 2.73. The Hall–Kier alpha value is -2.14. The summed E-state index contributed by atoms with van der Waals surface area (Å²) in [6.45, 7) is 2.04. The Labute approximate surface area is 142 Å². The van der Waals surface area contributed by atoms with Crippen molar-refractivity contribution in [2.75, 3.05) is 20.1 Å². The molecule has 0 N–H and O–H groups in total. The molecule has 5 heteroatoms. The number of carbonyl (C=O) groups excluding carboxylic acids is 1. The van der Waals surface area contributed by atoms with E-state index in [1.54, 1.807) is 12.5 Å². The van der Waals surface area contributed by atoms with Crippen LogP contribution in [0.15, 0.2) is 43.0 Å². The lowest BCUT2D eigenvalue weighted by Crippen LogP contribution is -2.47. The average molecular weight is 324 g/mol. The number of likely N-dealkylation sites (tertiary alicyclic amines) is 2. The Morgan fingerprint density at radius 2 is 1.83 bits per heavy atom. The largest absolute Gasteiger partial charge is 0.334 e. The topological polar surface area (TPSA) is 41.4 Å². The van der Waals surface area contributed by atoms with Gasteiger partial charge in [-0.15, -0.1) is 0 Å². The third-order valence-corrected chi connectivity index (χ3v) is 5.50. The van der Waals surface area contributed by atoms with Gasteiger partial charge in [0.2, 0.25) is 0 Å². The fourth-order valence-corrected chi connectivity index (χ4v) is 4.22. The van der Waals surface area contributed by atoms with E-state index in [9.17, 15) is 4.79 Å². The van der Waals surface area contributed by atoms with Gasteiger partial charge in [0.25, 0.3) is 5.91 Å². The fraction of sp³-hybridized carbons (Fsp3) is 0.474. The first kappa shape index (κ1) is 15.4. The molecule has 2 saturated heterocycles. The predicted molar refractivity (Wildman–Crippen MR) is 93.3 cm³/mol. The van der Waals surface area contributed by atoms with Gasteiger partial charge in [-0.2, -0.15) is 0 Å². The van der Waals surface area contributed by atoms with Gasteiger partial charge in [-0.25, -0.2) is 4.98 Å². The number of carbonyl (C=O) groups is 1. The molecule has 2 aliphatic rings. The Morgan fingerprint density at radius 3 is 2.50 bits per heavy atom. The minimum atomic E-state index is 0.176. The van der Waals surface area contributed by atoms with Crippen molar-refractivity contribution in [2.24, 2.45) is 0 Å². The van der Waals surface area contributed by atoms with Gasteiger partial charge in [0, 0.05) is 42.3 Å². The van der Waals surface area contributed by atoms with E-state index in [0.717, 1.165) is 37.2 Å². The zero-order valence-corrected chi connectivity index (χ0v) is 14.1. The maximum atomic E-state index is 13.0. The van der Waals surface area contributed by atoms with Gasteiger partial charge in [0.15, 0.2) is 0 Å². The molecule has 24 heavy (non-hydrogen) atoms. The molecule has 4 rings (SSSR count). The summed E-state index contributed by atoms with van der Waals surface area (Å²) >= 11 is 0. The number of amides is 1. The van der Waals surface area contributed by atoms with E-state index in [-0.39, 0.29) is 5.91 Å². The fourth-order valence-electron chi connectivity index (χ4n) is 4.22. The molecule has 0 aliphatic carbocycles. The van der Waals surface area contributed by atoms with Crippen LogP contribution in [0.25, 0.3) is 5.69 Å². The van der Waals surface area contributed by atoms with Crippen LogP contribution < -0.4 is 0 Å². The second kappa shape index (κ2) is 6.40. The maximum Gasteiger partial charge on any atom is 0.254 e. The van der Waals surface area contributed by atoms with Crippen molar-refractivity contribution in [1.29, 1.82) is 0 Å². The Morgan fingerprint density at radius 1 is 1.08 bits per heavy atom. The predicted octanol–water partition coefficient (Wildman–Crippen LogP) is 2.57. The Balaban J connectivity index is 1.52. The molecule has 3 heterocycles. The van der Waals surface area contributed by atoms with Crippen molar-refractivity contribution in [3.05, 3.63) is 48.5 Å². The zero-order chi connectivity index (χ0) is 16.5. The van der Waals surface area contributed by atoms with Crippen LogP contribution in [0.2, 0.25) is 0 Å². The van der Waals surface area contributed by atoms with Crippen molar-refractivity contribution in [2.45, 2.75) is 37.8 Å². The minimum Gasteiger partial charge on any atom is -0.334 e. The first-order chi connectivity index (χ1) is 11.7. The number of aromatic nitrogens is 2. The molecule has 2 fully saturated rings. The highest BCUT2D eigenvalue weighted by atomic mass is 16.2. The van der Waals surface area contributed by atoms with Gasteiger partial charge in [-0.1, -0.05) is 0 Å². The van der Waals surface area contributed by atoms with Crippen LogP contribution >= 0.6 is 0 Å². The number of hydrogen-bond acceptors (Lipinski definition) is 3.